The molecule has 2 heterocycles. The van der Waals surface area contributed by atoms with Gasteiger partial charge in [-0.2, -0.15) is 0 Å². The van der Waals surface area contributed by atoms with Crippen molar-refractivity contribution in [2.24, 2.45) is 13.0 Å². The molecule has 0 radical (unpaired) electrons. The first-order valence-electron chi connectivity index (χ1n) is 17.3. The van der Waals surface area contributed by atoms with Gasteiger partial charge in [-0.3, -0.25) is 0 Å². The molecule has 3 N–H and O–H groups in total. The zero-order chi connectivity index (χ0) is 36.6. The molecule has 5 aromatic carbocycles. The number of carbonyl (C=O) groups is 1. The Hall–Kier alpha value is -5.53. The molecule has 0 spiro atoms. The van der Waals surface area contributed by atoms with Gasteiger partial charge in [-0.1, -0.05) is 97.5 Å². The number of aliphatic hydroxyl groups is 1. The number of aryl methyl sites for hydroxylation is 1. The molecule has 7 rings (SSSR count). The Kier molecular flexibility index (Phi) is 11.4. The van der Waals surface area contributed by atoms with Crippen LogP contribution in [0.5, 0.6) is 11.5 Å². The second-order valence-corrected chi connectivity index (χ2v) is 13.8. The molecule has 270 valence electrons. The van der Waals surface area contributed by atoms with E-state index in [9.17, 15) is 9.90 Å². The lowest BCUT2D eigenvalue weighted by Gasteiger charge is -2.41. The summed E-state index contributed by atoms with van der Waals surface area (Å²) in [5, 5.41) is 28.0. The maximum Gasteiger partial charge on any atom is 0.319 e. The first kappa shape index (κ1) is 35.9. The van der Waals surface area contributed by atoms with Gasteiger partial charge in [-0.05, 0) is 86.8 Å². The summed E-state index contributed by atoms with van der Waals surface area (Å²) >= 11 is 1.55. The van der Waals surface area contributed by atoms with Gasteiger partial charge in [0.25, 0.3) is 0 Å². The van der Waals surface area contributed by atoms with Crippen LogP contribution in [0.25, 0.3) is 11.1 Å². The lowest BCUT2D eigenvalue weighted by molar-refractivity contribution is -0.268. The average Bonchev–Trinajstić information content (AvgIpc) is 3.62. The molecule has 4 atom stereocenters. The number of tetrazole rings is 1. The molecule has 6 aromatic rings. The summed E-state index contributed by atoms with van der Waals surface area (Å²) in [6, 6.07) is 40.6. The molecular formula is C41H40N6O5S. The summed E-state index contributed by atoms with van der Waals surface area (Å²) in [5.74, 6) is 2.09. The number of benzene rings is 5. The number of nitrogens with zero attached hydrogens (tertiary/aromatic N) is 4. The van der Waals surface area contributed by atoms with E-state index in [0.717, 1.165) is 39.1 Å². The highest BCUT2D eigenvalue weighted by molar-refractivity contribution is 7.99. The van der Waals surface area contributed by atoms with Gasteiger partial charge in [0, 0.05) is 36.5 Å². The standard InChI is InChI=1S/C41H40N6O5S/c1-27-37(26-53-41-44-45-46-47(41)2)51-39(52-38(27)30-16-14-28(25-48)15-17-30)33-11-7-10-32(23-33)31-9-6-8-29(22-31)24-42-40(49)43-34-18-20-36(21-19-34)50-35-12-4-3-5-13-35/h3-23,27,37-39,48H,24-26H2,1-2H3,(H2,42,43,49). The van der Waals surface area contributed by atoms with Gasteiger partial charge in [-0.15, -0.1) is 5.10 Å². The molecule has 2 amide bonds. The second-order valence-electron chi connectivity index (χ2n) is 12.8. The van der Waals surface area contributed by atoms with E-state index >= 15 is 0 Å². The molecule has 0 bridgehead atoms. The van der Waals surface area contributed by atoms with Crippen LogP contribution >= 0.6 is 11.8 Å². The van der Waals surface area contributed by atoms with Crippen molar-refractivity contribution in [2.45, 2.75) is 43.7 Å². The number of urea groups is 1. The molecule has 1 aliphatic rings. The summed E-state index contributed by atoms with van der Waals surface area (Å²) in [6.07, 6.45) is -1.03. The Morgan fingerprint density at radius 3 is 2.30 bits per heavy atom. The van der Waals surface area contributed by atoms with Gasteiger partial charge in [0.05, 0.1) is 18.8 Å². The van der Waals surface area contributed by atoms with Gasteiger partial charge in [0.1, 0.15) is 11.5 Å². The fourth-order valence-electron chi connectivity index (χ4n) is 6.12. The van der Waals surface area contributed by atoms with E-state index in [4.69, 9.17) is 14.2 Å². The minimum Gasteiger partial charge on any atom is -0.457 e. The maximum atomic E-state index is 12.8. The van der Waals surface area contributed by atoms with E-state index in [1.54, 1.807) is 28.6 Å². The van der Waals surface area contributed by atoms with Crippen LogP contribution in [-0.4, -0.2) is 43.2 Å². The first-order valence-corrected chi connectivity index (χ1v) is 18.3. The summed E-state index contributed by atoms with van der Waals surface area (Å²) in [5.41, 5.74) is 6.37. The van der Waals surface area contributed by atoms with Gasteiger partial charge in [0.2, 0.25) is 5.16 Å². The van der Waals surface area contributed by atoms with E-state index < -0.39 is 6.29 Å². The summed E-state index contributed by atoms with van der Waals surface area (Å²) in [4.78, 5) is 12.8. The highest BCUT2D eigenvalue weighted by Gasteiger charge is 2.38. The summed E-state index contributed by atoms with van der Waals surface area (Å²) in [6.45, 7) is 2.46. The third-order valence-electron chi connectivity index (χ3n) is 9.04. The van der Waals surface area contributed by atoms with Crippen molar-refractivity contribution >= 4 is 23.5 Å². The van der Waals surface area contributed by atoms with Crippen LogP contribution in [0.1, 0.15) is 41.6 Å². The number of hydrogen-bond donors (Lipinski definition) is 3. The predicted molar refractivity (Wildman–Crippen MR) is 203 cm³/mol. The molecule has 1 aliphatic heterocycles. The van der Waals surface area contributed by atoms with Crippen molar-refractivity contribution in [1.82, 2.24) is 25.5 Å². The fourth-order valence-corrected chi connectivity index (χ4v) is 7.14. The fraction of sp³-hybridized carbons (Fsp3) is 0.220. The highest BCUT2D eigenvalue weighted by atomic mass is 32.2. The monoisotopic (exact) mass is 728 g/mol. The van der Waals surface area contributed by atoms with E-state index in [2.05, 4.69) is 51.3 Å². The lowest BCUT2D eigenvalue weighted by atomic mass is 9.91. The van der Waals surface area contributed by atoms with Gasteiger partial charge < -0.3 is 30.0 Å². The van der Waals surface area contributed by atoms with E-state index in [1.807, 2.05) is 104 Å². The van der Waals surface area contributed by atoms with Crippen LogP contribution in [0.4, 0.5) is 10.5 Å². The number of amides is 2. The van der Waals surface area contributed by atoms with Crippen molar-refractivity contribution in [3.8, 4) is 22.6 Å². The van der Waals surface area contributed by atoms with Gasteiger partial charge in [-0.25, -0.2) is 9.48 Å². The van der Waals surface area contributed by atoms with E-state index in [-0.39, 0.29) is 30.8 Å². The molecular weight excluding hydrogens is 689 g/mol. The third kappa shape index (κ3) is 9.10. The van der Waals surface area contributed by atoms with E-state index in [1.165, 1.54) is 0 Å². The molecule has 1 aromatic heterocycles. The van der Waals surface area contributed by atoms with Crippen LogP contribution in [0, 0.1) is 5.92 Å². The topological polar surface area (TPSA) is 133 Å². The van der Waals surface area contributed by atoms with E-state index in [0.29, 0.717) is 28.9 Å². The Morgan fingerprint density at radius 2 is 1.57 bits per heavy atom. The molecule has 1 saturated heterocycles. The summed E-state index contributed by atoms with van der Waals surface area (Å²) in [7, 11) is 1.82. The van der Waals surface area contributed by atoms with Crippen LogP contribution in [0.15, 0.2) is 133 Å². The number of aliphatic hydroxyl groups excluding tert-OH is 1. The number of thioether (sulfide) groups is 1. The zero-order valence-electron chi connectivity index (χ0n) is 29.3. The molecule has 53 heavy (non-hydrogen) atoms. The summed E-state index contributed by atoms with van der Waals surface area (Å²) < 4.78 is 20.8. The zero-order valence-corrected chi connectivity index (χ0v) is 30.1. The SMILES string of the molecule is CC1C(CSc2nnnn2C)OC(c2cccc(-c3cccc(CNC(=O)Nc4ccc(Oc5ccccc5)cc4)c3)c2)OC1c1ccc(CO)cc1. The number of rotatable bonds is 12. The Bertz CT molecular complexity index is 2110. The normalized spacial score (nSPS) is 18.3. The van der Waals surface area contributed by atoms with Crippen LogP contribution in [0.2, 0.25) is 0 Å². The maximum absolute atomic E-state index is 12.8. The quantitative estimate of drug-likeness (QED) is 0.107. The number of aromatic nitrogens is 4. The molecule has 4 unspecified atom stereocenters. The Morgan fingerprint density at radius 1 is 0.830 bits per heavy atom. The van der Waals surface area contributed by atoms with Crippen LogP contribution in [-0.2, 0) is 29.7 Å². The largest absolute Gasteiger partial charge is 0.457 e. The minimum absolute atomic E-state index is 0.0180. The first-order chi connectivity index (χ1) is 25.9. The minimum atomic E-state index is -0.621. The number of carbonyl (C=O) groups excluding carboxylic acids is 1. The lowest BCUT2D eigenvalue weighted by Crippen LogP contribution is -2.38. The Balaban J connectivity index is 1.02. The molecule has 0 aliphatic carbocycles. The predicted octanol–water partition coefficient (Wildman–Crippen LogP) is 8.07. The molecule has 11 nitrogen and oxygen atoms in total. The van der Waals surface area contributed by atoms with Crippen molar-refractivity contribution < 1.29 is 24.1 Å². The Labute approximate surface area is 312 Å². The van der Waals surface area contributed by atoms with Crippen LogP contribution < -0.4 is 15.4 Å². The molecule has 12 heteroatoms. The van der Waals surface area contributed by atoms with Crippen LogP contribution in [0.3, 0.4) is 0 Å². The third-order valence-corrected chi connectivity index (χ3v) is 10.1. The molecule has 1 fully saturated rings. The average molecular weight is 729 g/mol. The van der Waals surface area contributed by atoms with Crippen molar-refractivity contribution in [2.75, 3.05) is 11.1 Å². The van der Waals surface area contributed by atoms with Crippen molar-refractivity contribution in [3.05, 3.63) is 150 Å². The van der Waals surface area contributed by atoms with Crippen molar-refractivity contribution in [3.63, 3.8) is 0 Å². The second kappa shape index (κ2) is 16.9. The number of para-hydroxylation sites is 1. The number of ether oxygens (including phenoxy) is 3. The number of nitrogens with one attached hydrogen (secondary N) is 2. The van der Waals surface area contributed by atoms with Gasteiger partial charge in [0.15, 0.2) is 6.29 Å². The van der Waals surface area contributed by atoms with Gasteiger partial charge >= 0.3 is 6.03 Å². The van der Waals surface area contributed by atoms with Crippen molar-refractivity contribution in [1.29, 1.82) is 0 Å². The number of hydrogen-bond acceptors (Lipinski definition) is 9. The molecule has 0 saturated carbocycles. The number of anilines is 1. The highest BCUT2D eigenvalue weighted by Crippen LogP contribution is 2.43. The smallest absolute Gasteiger partial charge is 0.319 e.